The van der Waals surface area contributed by atoms with Crippen LogP contribution in [0.15, 0.2) is 36.4 Å². The summed E-state index contributed by atoms with van der Waals surface area (Å²) in [6.07, 6.45) is 2.58. The van der Waals surface area contributed by atoms with E-state index in [2.05, 4.69) is 10.2 Å². The van der Waals surface area contributed by atoms with Gasteiger partial charge in [0.05, 0.1) is 19.5 Å². The molecule has 12 nitrogen and oxygen atoms in total. The molecule has 0 atom stereocenters. The number of nitrogens with one attached hydrogen (secondary N) is 1. The summed E-state index contributed by atoms with van der Waals surface area (Å²) in [5, 5.41) is 21.1. The summed E-state index contributed by atoms with van der Waals surface area (Å²) in [4.78, 5) is 64.7. The molecule has 2 aliphatic heterocycles. The van der Waals surface area contributed by atoms with Gasteiger partial charge in [-0.25, -0.2) is 0 Å². The van der Waals surface area contributed by atoms with Crippen LogP contribution in [0.3, 0.4) is 0 Å². The standard InChI is InChI=1S/C25H33N5O7/c31-21(26-7-8-30-22(32)5-6-23(30)33)15-19-1-3-20(4-2-19)16-27-9-11-28(17-24(34)35)13-14-29(12-10-27)18-25(36)37/h1-6H,7-18H2,(H,26,31)(H,34,35)(H,36,37). The van der Waals surface area contributed by atoms with Crippen LogP contribution in [0.5, 0.6) is 0 Å². The lowest BCUT2D eigenvalue weighted by Crippen LogP contribution is -2.40. The van der Waals surface area contributed by atoms with Gasteiger partial charge in [-0.3, -0.25) is 43.6 Å². The van der Waals surface area contributed by atoms with Crippen LogP contribution in [-0.4, -0.2) is 125 Å². The van der Waals surface area contributed by atoms with Crippen LogP contribution in [0.1, 0.15) is 11.1 Å². The maximum Gasteiger partial charge on any atom is 0.317 e. The molecular weight excluding hydrogens is 482 g/mol. The van der Waals surface area contributed by atoms with E-state index in [1.165, 1.54) is 12.2 Å². The second-order valence-corrected chi connectivity index (χ2v) is 9.12. The van der Waals surface area contributed by atoms with Gasteiger partial charge in [0.15, 0.2) is 0 Å². The van der Waals surface area contributed by atoms with Gasteiger partial charge in [-0.1, -0.05) is 24.3 Å². The third-order valence-electron chi connectivity index (χ3n) is 6.27. The Morgan fingerprint density at radius 3 is 1.68 bits per heavy atom. The number of carboxylic acids is 2. The van der Waals surface area contributed by atoms with Crippen LogP contribution >= 0.6 is 0 Å². The third kappa shape index (κ3) is 9.41. The van der Waals surface area contributed by atoms with Gasteiger partial charge in [0, 0.05) is 71.1 Å². The number of benzene rings is 1. The lowest BCUT2D eigenvalue weighted by Gasteiger charge is -2.25. The minimum absolute atomic E-state index is 0.0902. The Kier molecular flexibility index (Phi) is 10.3. The molecule has 0 bridgehead atoms. The summed E-state index contributed by atoms with van der Waals surface area (Å²) >= 11 is 0. The molecule has 200 valence electrons. The molecular formula is C25H33N5O7. The average molecular weight is 516 g/mol. The van der Waals surface area contributed by atoms with Crippen molar-refractivity contribution in [3.8, 4) is 0 Å². The molecule has 0 radical (unpaired) electrons. The average Bonchev–Trinajstić information content (AvgIpc) is 3.19. The molecule has 3 N–H and O–H groups in total. The molecule has 0 unspecified atom stereocenters. The Balaban J connectivity index is 1.50. The first-order valence-electron chi connectivity index (χ1n) is 12.2. The van der Waals surface area contributed by atoms with Crippen molar-refractivity contribution in [1.82, 2.24) is 24.9 Å². The highest BCUT2D eigenvalue weighted by atomic mass is 16.4. The second kappa shape index (κ2) is 13.6. The number of hydrogen-bond acceptors (Lipinski definition) is 8. The number of nitrogens with zero attached hydrogens (tertiary/aromatic N) is 4. The number of hydrogen-bond donors (Lipinski definition) is 3. The molecule has 0 saturated carbocycles. The first kappa shape index (κ1) is 28.0. The van der Waals surface area contributed by atoms with Crippen LogP contribution < -0.4 is 5.32 Å². The quantitative estimate of drug-likeness (QED) is 0.309. The van der Waals surface area contributed by atoms with Crippen molar-refractivity contribution in [2.45, 2.75) is 13.0 Å². The molecule has 0 aromatic heterocycles. The molecule has 37 heavy (non-hydrogen) atoms. The summed E-state index contributed by atoms with van der Waals surface area (Å²) in [6.45, 7) is 4.15. The fourth-order valence-electron chi connectivity index (χ4n) is 4.27. The smallest absolute Gasteiger partial charge is 0.317 e. The Hall–Kier alpha value is -3.61. The number of rotatable bonds is 11. The summed E-state index contributed by atoms with van der Waals surface area (Å²) in [5.41, 5.74) is 1.84. The van der Waals surface area contributed by atoms with Crippen molar-refractivity contribution in [1.29, 1.82) is 0 Å². The van der Waals surface area contributed by atoms with Crippen LogP contribution in [0, 0.1) is 0 Å². The maximum atomic E-state index is 12.3. The van der Waals surface area contributed by atoms with Gasteiger partial charge in [0.1, 0.15) is 0 Å². The van der Waals surface area contributed by atoms with Gasteiger partial charge in [0.2, 0.25) is 5.91 Å². The van der Waals surface area contributed by atoms with Crippen molar-refractivity contribution in [3.05, 3.63) is 47.5 Å². The van der Waals surface area contributed by atoms with Crippen LogP contribution in [-0.2, 0) is 36.9 Å². The molecule has 3 amide bonds. The second-order valence-electron chi connectivity index (χ2n) is 9.12. The van der Waals surface area contributed by atoms with Crippen molar-refractivity contribution in [2.75, 3.05) is 65.4 Å². The normalized spacial score (nSPS) is 17.9. The van der Waals surface area contributed by atoms with Gasteiger partial charge in [-0.2, -0.15) is 0 Å². The van der Waals surface area contributed by atoms with Gasteiger partial charge >= 0.3 is 11.9 Å². The van der Waals surface area contributed by atoms with E-state index in [4.69, 9.17) is 0 Å². The molecule has 0 spiro atoms. The highest BCUT2D eigenvalue weighted by molar-refractivity contribution is 6.12. The fourth-order valence-corrected chi connectivity index (χ4v) is 4.27. The van der Waals surface area contributed by atoms with E-state index in [-0.39, 0.29) is 50.3 Å². The van der Waals surface area contributed by atoms with Crippen molar-refractivity contribution in [2.24, 2.45) is 0 Å². The molecule has 1 aromatic rings. The number of carboxylic acid groups (broad SMARTS) is 2. The topological polar surface area (TPSA) is 151 Å². The Bertz CT molecular complexity index is 981. The van der Waals surface area contributed by atoms with E-state index in [9.17, 15) is 34.2 Å². The van der Waals surface area contributed by atoms with E-state index in [1.807, 2.05) is 34.1 Å². The predicted molar refractivity (Wildman–Crippen MR) is 132 cm³/mol. The zero-order chi connectivity index (χ0) is 26.8. The first-order valence-corrected chi connectivity index (χ1v) is 12.2. The van der Waals surface area contributed by atoms with Gasteiger partial charge in [-0.15, -0.1) is 0 Å². The Labute approximate surface area is 215 Å². The molecule has 1 aromatic carbocycles. The van der Waals surface area contributed by atoms with Gasteiger partial charge in [-0.05, 0) is 11.1 Å². The first-order chi connectivity index (χ1) is 17.7. The zero-order valence-corrected chi connectivity index (χ0v) is 20.7. The molecule has 12 heteroatoms. The minimum atomic E-state index is -0.912. The molecule has 2 aliphatic rings. The molecule has 0 aliphatic carbocycles. The fraction of sp³-hybridized carbons (Fsp3) is 0.480. The predicted octanol–water partition coefficient (Wildman–Crippen LogP) is -1.14. The highest BCUT2D eigenvalue weighted by Crippen LogP contribution is 2.10. The number of amides is 3. The third-order valence-corrected chi connectivity index (χ3v) is 6.27. The summed E-state index contributed by atoms with van der Waals surface area (Å²) in [5.74, 6) is -2.79. The number of imide groups is 1. The number of aliphatic carboxylic acids is 2. The number of carbonyl (C=O) groups excluding carboxylic acids is 3. The summed E-state index contributed by atoms with van der Waals surface area (Å²) in [6, 6.07) is 7.62. The van der Waals surface area contributed by atoms with E-state index < -0.39 is 11.9 Å². The zero-order valence-electron chi connectivity index (χ0n) is 20.7. The lowest BCUT2D eigenvalue weighted by atomic mass is 10.1. The van der Waals surface area contributed by atoms with E-state index in [0.717, 1.165) is 16.0 Å². The monoisotopic (exact) mass is 515 g/mol. The molecule has 1 saturated heterocycles. The summed E-state index contributed by atoms with van der Waals surface area (Å²) in [7, 11) is 0. The van der Waals surface area contributed by atoms with Gasteiger partial charge < -0.3 is 15.5 Å². The molecule has 2 heterocycles. The van der Waals surface area contributed by atoms with Crippen LogP contribution in [0.25, 0.3) is 0 Å². The summed E-state index contributed by atoms with van der Waals surface area (Å²) < 4.78 is 0. The van der Waals surface area contributed by atoms with E-state index >= 15 is 0 Å². The Morgan fingerprint density at radius 1 is 0.730 bits per heavy atom. The maximum absolute atomic E-state index is 12.3. The van der Waals surface area contributed by atoms with Crippen molar-refractivity contribution < 1.29 is 34.2 Å². The van der Waals surface area contributed by atoms with Crippen molar-refractivity contribution >= 4 is 29.7 Å². The minimum Gasteiger partial charge on any atom is -0.480 e. The van der Waals surface area contributed by atoms with Crippen LogP contribution in [0.2, 0.25) is 0 Å². The van der Waals surface area contributed by atoms with Crippen LogP contribution in [0.4, 0.5) is 0 Å². The molecule has 1 fully saturated rings. The van der Waals surface area contributed by atoms with E-state index in [1.54, 1.807) is 0 Å². The number of carbonyl (C=O) groups is 5. The lowest BCUT2D eigenvalue weighted by molar-refractivity contribution is -0.140. The largest absolute Gasteiger partial charge is 0.480 e. The SMILES string of the molecule is O=C(O)CN1CCN(CC(=O)O)CCN(Cc2ccc(CC(=O)NCCN3C(=O)C=CC3=O)cc2)CC1. The molecule has 3 rings (SSSR count). The highest BCUT2D eigenvalue weighted by Gasteiger charge is 2.23. The van der Waals surface area contributed by atoms with E-state index in [0.29, 0.717) is 45.8 Å². The Morgan fingerprint density at radius 2 is 1.19 bits per heavy atom. The van der Waals surface area contributed by atoms with Crippen molar-refractivity contribution in [3.63, 3.8) is 0 Å². The van der Waals surface area contributed by atoms with Gasteiger partial charge in [0.25, 0.3) is 11.8 Å².